The van der Waals surface area contributed by atoms with Crippen molar-refractivity contribution in [2.45, 2.75) is 31.5 Å². The fourth-order valence-corrected chi connectivity index (χ4v) is 2.56. The zero-order chi connectivity index (χ0) is 13.9. The molecule has 2 nitrogen and oxygen atoms in total. The Labute approximate surface area is 110 Å². The van der Waals surface area contributed by atoms with Crippen molar-refractivity contribution in [3.05, 3.63) is 35.4 Å². The standard InChI is InChI=1S/C14H18F3NO/c15-14(16,17)12-6-4-11(5-7-12)13(10-19)18-8-2-1-3-9-18/h4-7,13,19H,1-3,8-10H2/t13-/m0/s1. The van der Waals surface area contributed by atoms with Crippen LogP contribution in [-0.2, 0) is 6.18 Å². The van der Waals surface area contributed by atoms with Crippen LogP contribution in [0.2, 0.25) is 0 Å². The van der Waals surface area contributed by atoms with Gasteiger partial charge in [0.2, 0.25) is 0 Å². The van der Waals surface area contributed by atoms with Crippen LogP contribution in [-0.4, -0.2) is 29.7 Å². The Hall–Kier alpha value is -1.07. The van der Waals surface area contributed by atoms with Crippen LogP contribution in [0.4, 0.5) is 13.2 Å². The molecule has 1 atom stereocenters. The van der Waals surface area contributed by atoms with Gasteiger partial charge in [0.15, 0.2) is 0 Å². The van der Waals surface area contributed by atoms with E-state index in [0.717, 1.165) is 43.6 Å². The zero-order valence-electron chi connectivity index (χ0n) is 10.7. The van der Waals surface area contributed by atoms with E-state index >= 15 is 0 Å². The van der Waals surface area contributed by atoms with Crippen LogP contribution in [0.5, 0.6) is 0 Å². The summed E-state index contributed by atoms with van der Waals surface area (Å²) in [6, 6.07) is 4.92. The van der Waals surface area contributed by atoms with E-state index < -0.39 is 11.7 Å². The molecule has 2 rings (SSSR count). The quantitative estimate of drug-likeness (QED) is 0.914. The number of aliphatic hydroxyl groups is 1. The summed E-state index contributed by atoms with van der Waals surface area (Å²) in [5.41, 5.74) is 0.101. The Morgan fingerprint density at radius 2 is 1.63 bits per heavy atom. The maximum absolute atomic E-state index is 12.5. The van der Waals surface area contributed by atoms with Crippen molar-refractivity contribution >= 4 is 0 Å². The summed E-state index contributed by atoms with van der Waals surface area (Å²) in [5, 5.41) is 9.50. The summed E-state index contributed by atoms with van der Waals surface area (Å²) in [6.45, 7) is 1.73. The van der Waals surface area contributed by atoms with Gasteiger partial charge in [-0.1, -0.05) is 18.6 Å². The maximum atomic E-state index is 12.5. The van der Waals surface area contributed by atoms with Crippen LogP contribution in [0.1, 0.15) is 36.4 Å². The SMILES string of the molecule is OC[C@@H](c1ccc(C(F)(F)F)cc1)N1CCCCC1. The van der Waals surface area contributed by atoms with Gasteiger partial charge in [-0.15, -0.1) is 0 Å². The number of alkyl halides is 3. The molecule has 19 heavy (non-hydrogen) atoms. The molecule has 1 saturated heterocycles. The molecule has 1 aliphatic heterocycles. The minimum atomic E-state index is -4.31. The van der Waals surface area contributed by atoms with Crippen LogP contribution in [0.15, 0.2) is 24.3 Å². The fraction of sp³-hybridized carbons (Fsp3) is 0.571. The predicted octanol–water partition coefficient (Wildman–Crippen LogP) is 3.22. The molecule has 0 radical (unpaired) electrons. The number of hydrogen-bond acceptors (Lipinski definition) is 2. The highest BCUT2D eigenvalue weighted by Crippen LogP contribution is 2.31. The second kappa shape index (κ2) is 5.92. The maximum Gasteiger partial charge on any atom is 0.416 e. The molecular formula is C14H18F3NO. The van der Waals surface area contributed by atoms with E-state index in [-0.39, 0.29) is 12.6 Å². The number of halogens is 3. The molecule has 1 aromatic carbocycles. The number of nitrogens with zero attached hydrogens (tertiary/aromatic N) is 1. The monoisotopic (exact) mass is 273 g/mol. The van der Waals surface area contributed by atoms with Crippen LogP contribution in [0.3, 0.4) is 0 Å². The van der Waals surface area contributed by atoms with Crippen molar-refractivity contribution in [2.24, 2.45) is 0 Å². The summed E-state index contributed by atoms with van der Waals surface area (Å²) >= 11 is 0. The van der Waals surface area contributed by atoms with Crippen molar-refractivity contribution < 1.29 is 18.3 Å². The number of piperidine rings is 1. The molecule has 1 heterocycles. The van der Waals surface area contributed by atoms with E-state index in [0.29, 0.717) is 0 Å². The van der Waals surface area contributed by atoms with Gasteiger partial charge < -0.3 is 5.11 Å². The Morgan fingerprint density at radius 1 is 1.05 bits per heavy atom. The van der Waals surface area contributed by atoms with Gasteiger partial charge in [-0.25, -0.2) is 0 Å². The van der Waals surface area contributed by atoms with E-state index in [1.807, 2.05) is 0 Å². The molecule has 0 unspecified atom stereocenters. The third-order valence-electron chi connectivity index (χ3n) is 3.63. The average Bonchev–Trinajstić information content (AvgIpc) is 2.40. The van der Waals surface area contributed by atoms with Gasteiger partial charge in [0.1, 0.15) is 0 Å². The lowest BCUT2D eigenvalue weighted by Gasteiger charge is -2.33. The van der Waals surface area contributed by atoms with Gasteiger partial charge in [0, 0.05) is 0 Å². The zero-order valence-corrected chi connectivity index (χ0v) is 10.7. The molecular weight excluding hydrogens is 255 g/mol. The molecule has 0 aromatic heterocycles. The lowest BCUT2D eigenvalue weighted by molar-refractivity contribution is -0.137. The van der Waals surface area contributed by atoms with E-state index in [1.54, 1.807) is 0 Å². The molecule has 0 bridgehead atoms. The minimum absolute atomic E-state index is 0.0641. The van der Waals surface area contributed by atoms with Crippen LogP contribution >= 0.6 is 0 Å². The van der Waals surface area contributed by atoms with E-state index in [1.165, 1.54) is 18.6 Å². The summed E-state index contributed by atoms with van der Waals surface area (Å²) < 4.78 is 37.5. The number of rotatable bonds is 3. The average molecular weight is 273 g/mol. The van der Waals surface area contributed by atoms with Gasteiger partial charge in [-0.3, -0.25) is 4.90 Å². The van der Waals surface area contributed by atoms with E-state index in [9.17, 15) is 18.3 Å². The smallest absolute Gasteiger partial charge is 0.394 e. The van der Waals surface area contributed by atoms with Gasteiger partial charge >= 0.3 is 6.18 Å². The van der Waals surface area contributed by atoms with Crippen LogP contribution in [0, 0.1) is 0 Å². The normalized spacial score (nSPS) is 19.4. The van der Waals surface area contributed by atoms with Crippen molar-refractivity contribution in [2.75, 3.05) is 19.7 Å². The highest BCUT2D eigenvalue weighted by molar-refractivity contribution is 5.27. The molecule has 0 amide bonds. The van der Waals surface area contributed by atoms with Gasteiger partial charge in [-0.2, -0.15) is 13.2 Å². The van der Waals surface area contributed by atoms with E-state index in [4.69, 9.17) is 0 Å². The number of aliphatic hydroxyl groups excluding tert-OH is 1. The van der Waals surface area contributed by atoms with Crippen molar-refractivity contribution in [1.82, 2.24) is 4.90 Å². The van der Waals surface area contributed by atoms with E-state index in [2.05, 4.69) is 4.90 Å². The molecule has 1 aliphatic rings. The first kappa shape index (κ1) is 14.3. The fourth-order valence-electron chi connectivity index (χ4n) is 2.56. The second-order valence-electron chi connectivity index (χ2n) is 4.91. The Morgan fingerprint density at radius 3 is 2.11 bits per heavy atom. The third-order valence-corrected chi connectivity index (χ3v) is 3.63. The molecule has 5 heteroatoms. The van der Waals surface area contributed by atoms with Gasteiger partial charge in [0.25, 0.3) is 0 Å². The molecule has 0 spiro atoms. The highest BCUT2D eigenvalue weighted by Gasteiger charge is 2.30. The number of hydrogen-bond donors (Lipinski definition) is 1. The highest BCUT2D eigenvalue weighted by atomic mass is 19.4. The van der Waals surface area contributed by atoms with Crippen LogP contribution in [0.25, 0.3) is 0 Å². The third kappa shape index (κ3) is 3.48. The number of benzene rings is 1. The summed E-state index contributed by atoms with van der Waals surface area (Å²) in [5.74, 6) is 0. The topological polar surface area (TPSA) is 23.5 Å². The summed E-state index contributed by atoms with van der Waals surface area (Å²) in [6.07, 6.45) is -0.964. The number of likely N-dealkylation sites (tertiary alicyclic amines) is 1. The van der Waals surface area contributed by atoms with Crippen LogP contribution < -0.4 is 0 Å². The van der Waals surface area contributed by atoms with Crippen molar-refractivity contribution in [3.8, 4) is 0 Å². The first-order valence-corrected chi connectivity index (χ1v) is 6.54. The molecule has 0 saturated carbocycles. The van der Waals surface area contributed by atoms with Crippen molar-refractivity contribution in [3.63, 3.8) is 0 Å². The lowest BCUT2D eigenvalue weighted by Crippen LogP contribution is -2.35. The van der Waals surface area contributed by atoms with Crippen molar-refractivity contribution in [1.29, 1.82) is 0 Å². The molecule has 106 valence electrons. The Bertz CT molecular complexity index is 396. The predicted molar refractivity (Wildman–Crippen MR) is 66.7 cm³/mol. The first-order chi connectivity index (χ1) is 9.02. The summed E-state index contributed by atoms with van der Waals surface area (Å²) in [4.78, 5) is 2.14. The second-order valence-corrected chi connectivity index (χ2v) is 4.91. The minimum Gasteiger partial charge on any atom is -0.394 e. The Kier molecular flexibility index (Phi) is 4.47. The molecule has 1 aromatic rings. The van der Waals surface area contributed by atoms with Gasteiger partial charge in [0.05, 0.1) is 18.2 Å². The molecule has 1 N–H and O–H groups in total. The van der Waals surface area contributed by atoms with Gasteiger partial charge in [-0.05, 0) is 43.6 Å². The largest absolute Gasteiger partial charge is 0.416 e. The Balaban J connectivity index is 2.14. The lowest BCUT2D eigenvalue weighted by atomic mass is 10.0. The first-order valence-electron chi connectivity index (χ1n) is 6.54. The summed E-state index contributed by atoms with van der Waals surface area (Å²) in [7, 11) is 0. The molecule has 1 fully saturated rings. The molecule has 0 aliphatic carbocycles.